The van der Waals surface area contributed by atoms with Crippen LogP contribution in [0.25, 0.3) is 10.9 Å². The number of hydrogen-bond donors (Lipinski definition) is 1. The summed E-state index contributed by atoms with van der Waals surface area (Å²) in [7, 11) is 0. The Balaban J connectivity index is 2.26. The number of hydrogen-bond acceptors (Lipinski definition) is 3. The number of H-pyrrole nitrogens is 1. The smallest absolute Gasteiger partial charge is 0.261 e. The summed E-state index contributed by atoms with van der Waals surface area (Å²) in [5.74, 6) is -0.660. The van der Waals surface area contributed by atoms with E-state index in [4.69, 9.17) is 0 Å². The van der Waals surface area contributed by atoms with Crippen molar-refractivity contribution in [3.05, 3.63) is 45.7 Å². The number of nitrogens with one attached hydrogen (secondary N) is 1. The first kappa shape index (κ1) is 12.6. The SMILES string of the molecule is CCCCN1C(=O)c2cccc3[nH]c(=O)cc(c23)C1=O. The van der Waals surface area contributed by atoms with Gasteiger partial charge in [0.15, 0.2) is 0 Å². The third kappa shape index (κ3) is 1.74. The maximum absolute atomic E-state index is 12.4. The molecule has 20 heavy (non-hydrogen) atoms. The van der Waals surface area contributed by atoms with E-state index in [1.807, 2.05) is 6.92 Å². The van der Waals surface area contributed by atoms with E-state index in [9.17, 15) is 14.4 Å². The lowest BCUT2D eigenvalue weighted by atomic mass is 9.97. The van der Waals surface area contributed by atoms with E-state index >= 15 is 0 Å². The van der Waals surface area contributed by atoms with Crippen molar-refractivity contribution in [2.45, 2.75) is 19.8 Å². The molecule has 0 aliphatic carbocycles. The fourth-order valence-corrected chi connectivity index (χ4v) is 2.57. The quantitative estimate of drug-likeness (QED) is 0.866. The lowest BCUT2D eigenvalue weighted by molar-refractivity contribution is 0.0608. The van der Waals surface area contributed by atoms with Gasteiger partial charge >= 0.3 is 0 Å². The number of nitrogens with zero attached hydrogens (tertiary/aromatic N) is 1. The van der Waals surface area contributed by atoms with Crippen molar-refractivity contribution < 1.29 is 9.59 Å². The number of unbranched alkanes of at least 4 members (excludes halogenated alkanes) is 1. The molecule has 3 rings (SSSR count). The standard InChI is InChI=1S/C15H14N2O3/c1-2-3-7-17-14(19)9-5-4-6-11-13(9)10(15(17)20)8-12(18)16-11/h4-6,8H,2-3,7H2,1H3,(H,16,18). The Bertz CT molecular complexity index is 776. The van der Waals surface area contributed by atoms with Gasteiger partial charge in [-0.3, -0.25) is 19.3 Å². The Labute approximate surface area is 115 Å². The highest BCUT2D eigenvalue weighted by Gasteiger charge is 2.32. The lowest BCUT2D eigenvalue weighted by Gasteiger charge is -2.26. The van der Waals surface area contributed by atoms with E-state index in [2.05, 4.69) is 4.98 Å². The Morgan fingerprint density at radius 2 is 1.85 bits per heavy atom. The van der Waals surface area contributed by atoms with Gasteiger partial charge in [-0.25, -0.2) is 0 Å². The van der Waals surface area contributed by atoms with Crippen molar-refractivity contribution in [1.29, 1.82) is 0 Å². The van der Waals surface area contributed by atoms with Gasteiger partial charge in [-0.15, -0.1) is 0 Å². The van der Waals surface area contributed by atoms with Crippen LogP contribution in [0.15, 0.2) is 29.1 Å². The molecule has 0 atom stereocenters. The van der Waals surface area contributed by atoms with E-state index in [-0.39, 0.29) is 17.4 Å². The van der Waals surface area contributed by atoms with Crippen LogP contribution in [0.1, 0.15) is 40.5 Å². The van der Waals surface area contributed by atoms with E-state index < -0.39 is 0 Å². The average molecular weight is 270 g/mol. The molecule has 0 spiro atoms. The molecule has 0 bridgehead atoms. The molecule has 102 valence electrons. The second-order valence-corrected chi connectivity index (χ2v) is 4.89. The molecule has 2 heterocycles. The predicted molar refractivity (Wildman–Crippen MR) is 74.8 cm³/mol. The van der Waals surface area contributed by atoms with Gasteiger partial charge < -0.3 is 4.98 Å². The van der Waals surface area contributed by atoms with Crippen molar-refractivity contribution in [2.75, 3.05) is 6.54 Å². The van der Waals surface area contributed by atoms with E-state index in [0.717, 1.165) is 12.8 Å². The fourth-order valence-electron chi connectivity index (χ4n) is 2.57. The Kier molecular flexibility index (Phi) is 2.89. The van der Waals surface area contributed by atoms with Crippen LogP contribution in [-0.4, -0.2) is 28.2 Å². The summed E-state index contributed by atoms with van der Waals surface area (Å²) in [5.41, 5.74) is 0.990. The number of pyridine rings is 1. The van der Waals surface area contributed by atoms with Crippen LogP contribution >= 0.6 is 0 Å². The van der Waals surface area contributed by atoms with Crippen molar-refractivity contribution in [3.8, 4) is 0 Å². The van der Waals surface area contributed by atoms with Gasteiger partial charge in [0.25, 0.3) is 11.8 Å². The monoisotopic (exact) mass is 270 g/mol. The van der Waals surface area contributed by atoms with Crippen LogP contribution in [0.3, 0.4) is 0 Å². The molecule has 0 saturated carbocycles. The molecule has 2 aromatic rings. The van der Waals surface area contributed by atoms with Gasteiger partial charge in [0.05, 0.1) is 11.1 Å². The highest BCUT2D eigenvalue weighted by atomic mass is 16.2. The summed E-state index contributed by atoms with van der Waals surface area (Å²) < 4.78 is 0. The van der Waals surface area contributed by atoms with Crippen LogP contribution in [0, 0.1) is 0 Å². The molecule has 5 nitrogen and oxygen atoms in total. The largest absolute Gasteiger partial charge is 0.322 e. The highest BCUT2D eigenvalue weighted by molar-refractivity contribution is 6.24. The number of rotatable bonds is 3. The van der Waals surface area contributed by atoms with Crippen LogP contribution in [-0.2, 0) is 0 Å². The summed E-state index contributed by atoms with van der Waals surface area (Å²) in [6, 6.07) is 6.38. The van der Waals surface area contributed by atoms with E-state index in [1.54, 1.807) is 18.2 Å². The lowest BCUT2D eigenvalue weighted by Crippen LogP contribution is -2.41. The fraction of sp³-hybridized carbons (Fsp3) is 0.267. The van der Waals surface area contributed by atoms with Gasteiger partial charge in [0.1, 0.15) is 0 Å². The predicted octanol–water partition coefficient (Wildman–Crippen LogP) is 1.92. The van der Waals surface area contributed by atoms with Gasteiger partial charge in [-0.05, 0) is 18.6 Å². The summed E-state index contributed by atoms with van der Waals surface area (Å²) >= 11 is 0. The molecule has 1 aliphatic heterocycles. The maximum Gasteiger partial charge on any atom is 0.261 e. The molecule has 0 saturated heterocycles. The minimum atomic E-state index is -0.377. The molecular weight excluding hydrogens is 256 g/mol. The van der Waals surface area contributed by atoms with Crippen LogP contribution in [0.4, 0.5) is 0 Å². The Morgan fingerprint density at radius 3 is 2.60 bits per heavy atom. The molecule has 0 fully saturated rings. The average Bonchev–Trinajstić information content (AvgIpc) is 2.44. The number of amides is 2. The van der Waals surface area contributed by atoms with Gasteiger partial charge in [-0.2, -0.15) is 0 Å². The van der Waals surface area contributed by atoms with Crippen LogP contribution < -0.4 is 5.56 Å². The van der Waals surface area contributed by atoms with Crippen LogP contribution in [0.5, 0.6) is 0 Å². The molecular formula is C15H14N2O3. The Hall–Kier alpha value is -2.43. The summed E-state index contributed by atoms with van der Waals surface area (Å²) in [6.07, 6.45) is 1.65. The molecule has 1 N–H and O–H groups in total. The van der Waals surface area contributed by atoms with Gasteiger partial charge in [0, 0.05) is 23.5 Å². The molecule has 0 radical (unpaired) electrons. The van der Waals surface area contributed by atoms with Gasteiger partial charge in [-0.1, -0.05) is 19.4 Å². The number of carbonyl (C=O) groups excluding carboxylic acids is 2. The van der Waals surface area contributed by atoms with Gasteiger partial charge in [0.2, 0.25) is 5.56 Å². The minimum Gasteiger partial charge on any atom is -0.322 e. The zero-order chi connectivity index (χ0) is 14.3. The number of aromatic nitrogens is 1. The summed E-state index contributed by atoms with van der Waals surface area (Å²) in [4.78, 5) is 40.4. The first-order valence-corrected chi connectivity index (χ1v) is 6.65. The topological polar surface area (TPSA) is 70.2 Å². The highest BCUT2D eigenvalue weighted by Crippen LogP contribution is 2.27. The molecule has 1 aromatic heterocycles. The number of aromatic amines is 1. The second-order valence-electron chi connectivity index (χ2n) is 4.89. The third-order valence-corrected chi connectivity index (χ3v) is 3.55. The van der Waals surface area contributed by atoms with Crippen molar-refractivity contribution in [2.24, 2.45) is 0 Å². The van der Waals surface area contributed by atoms with Crippen LogP contribution in [0.2, 0.25) is 0 Å². The molecule has 1 aliphatic rings. The van der Waals surface area contributed by atoms with Crippen molar-refractivity contribution in [3.63, 3.8) is 0 Å². The zero-order valence-electron chi connectivity index (χ0n) is 11.1. The first-order chi connectivity index (χ1) is 9.63. The van der Waals surface area contributed by atoms with Crippen molar-refractivity contribution in [1.82, 2.24) is 9.88 Å². The molecule has 2 amide bonds. The number of benzene rings is 1. The first-order valence-electron chi connectivity index (χ1n) is 6.65. The second kappa shape index (κ2) is 4.59. The summed E-state index contributed by atoms with van der Waals surface area (Å²) in [6.45, 7) is 2.38. The molecule has 1 aromatic carbocycles. The zero-order valence-corrected chi connectivity index (χ0v) is 11.1. The normalized spacial score (nSPS) is 14.2. The van der Waals surface area contributed by atoms with E-state index in [0.29, 0.717) is 28.6 Å². The summed E-state index contributed by atoms with van der Waals surface area (Å²) in [5, 5.41) is 0.551. The third-order valence-electron chi connectivity index (χ3n) is 3.55. The Morgan fingerprint density at radius 1 is 1.10 bits per heavy atom. The maximum atomic E-state index is 12.4. The minimum absolute atomic E-state index is 0.284. The number of carbonyl (C=O) groups is 2. The van der Waals surface area contributed by atoms with E-state index in [1.165, 1.54) is 11.0 Å². The molecule has 0 unspecified atom stereocenters. The number of imide groups is 1. The van der Waals surface area contributed by atoms with Crippen molar-refractivity contribution >= 4 is 22.7 Å². The molecule has 5 heteroatoms.